The molecule has 3 heterocycles. The molecule has 0 amide bonds. The Labute approximate surface area is 231 Å². The van der Waals surface area contributed by atoms with Gasteiger partial charge in [0.05, 0.1) is 18.0 Å². The number of anilines is 2. The monoisotopic (exact) mass is 560 g/mol. The number of ketones is 1. The molecule has 5 rings (SSSR count). The molecule has 0 radical (unpaired) electrons. The van der Waals surface area contributed by atoms with Gasteiger partial charge in [0, 0.05) is 36.8 Å². The molecule has 0 fully saturated rings. The molecule has 1 atom stereocenters. The average molecular weight is 561 g/mol. The second-order valence-electron chi connectivity index (χ2n) is 9.12. The van der Waals surface area contributed by atoms with Crippen LogP contribution in [-0.2, 0) is 26.2 Å². The van der Waals surface area contributed by atoms with Crippen LogP contribution in [0.2, 0.25) is 0 Å². The molecule has 40 heavy (non-hydrogen) atoms. The van der Waals surface area contributed by atoms with E-state index >= 15 is 0 Å². The molecule has 2 aromatic heterocycles. The zero-order valence-corrected chi connectivity index (χ0v) is 22.5. The van der Waals surface area contributed by atoms with Gasteiger partial charge in [-0.1, -0.05) is 30.3 Å². The van der Waals surface area contributed by atoms with E-state index < -0.39 is 16.1 Å². The highest BCUT2D eigenvalue weighted by Crippen LogP contribution is 2.29. The summed E-state index contributed by atoms with van der Waals surface area (Å²) in [6.07, 6.45) is 4.85. The zero-order valence-electron chi connectivity index (χ0n) is 21.7. The Balaban J connectivity index is 1.23. The van der Waals surface area contributed by atoms with Gasteiger partial charge in [0.1, 0.15) is 36.0 Å². The lowest BCUT2D eigenvalue weighted by atomic mass is 10.2. The van der Waals surface area contributed by atoms with Crippen molar-refractivity contribution < 1.29 is 22.7 Å². The highest BCUT2D eigenvalue weighted by Gasteiger charge is 2.28. The topological polar surface area (TPSA) is 144 Å². The summed E-state index contributed by atoms with van der Waals surface area (Å²) in [5.74, 6) is 1.48. The summed E-state index contributed by atoms with van der Waals surface area (Å²) in [5, 5.41) is 7.05. The lowest BCUT2D eigenvalue weighted by molar-refractivity contribution is -0.119. The zero-order chi connectivity index (χ0) is 28.0. The molecule has 12 heteroatoms. The predicted molar refractivity (Wildman–Crippen MR) is 151 cm³/mol. The van der Waals surface area contributed by atoms with Crippen LogP contribution in [0.15, 0.2) is 79.3 Å². The van der Waals surface area contributed by atoms with E-state index in [-0.39, 0.29) is 18.9 Å². The molecule has 1 aliphatic heterocycles. The van der Waals surface area contributed by atoms with Crippen LogP contribution in [0, 0.1) is 0 Å². The third-order valence-corrected chi connectivity index (χ3v) is 6.72. The lowest BCUT2D eigenvalue weighted by Gasteiger charge is -2.14. The molecule has 3 N–H and O–H groups in total. The van der Waals surface area contributed by atoms with E-state index in [9.17, 15) is 13.2 Å². The van der Waals surface area contributed by atoms with E-state index in [1.165, 1.54) is 12.4 Å². The Morgan fingerprint density at radius 2 is 1.80 bits per heavy atom. The van der Waals surface area contributed by atoms with Gasteiger partial charge in [0.25, 0.3) is 0 Å². The predicted octanol–water partition coefficient (Wildman–Crippen LogP) is 2.80. The van der Waals surface area contributed by atoms with E-state index in [2.05, 4.69) is 30.3 Å². The van der Waals surface area contributed by atoms with Crippen LogP contribution in [-0.4, -0.2) is 61.1 Å². The van der Waals surface area contributed by atoms with Crippen LogP contribution in [0.3, 0.4) is 0 Å². The van der Waals surface area contributed by atoms with Gasteiger partial charge in [-0.2, -0.15) is 0 Å². The molecule has 0 saturated carbocycles. The summed E-state index contributed by atoms with van der Waals surface area (Å²) in [6.45, 7) is 1.29. The van der Waals surface area contributed by atoms with Crippen LogP contribution in [0.4, 0.5) is 11.5 Å². The van der Waals surface area contributed by atoms with Crippen molar-refractivity contribution >= 4 is 44.0 Å². The van der Waals surface area contributed by atoms with Crippen molar-refractivity contribution in [3.8, 4) is 5.75 Å². The Morgan fingerprint density at radius 1 is 1.00 bits per heavy atom. The number of fused-ring (bicyclic) bond motifs is 1. The minimum absolute atomic E-state index is 0.197. The molecule has 4 aromatic rings. The van der Waals surface area contributed by atoms with E-state index in [0.29, 0.717) is 41.3 Å². The van der Waals surface area contributed by atoms with Crippen LogP contribution >= 0.6 is 0 Å². The standard InChI is InChI=1S/C28H28N6O5S/c1-40(36,37)33-12-11-29-16-27-25(35)14-26(39-27)23-13-22-24(15-30-23)31-18-32-28(22)34-20-7-9-21(10-8-20)38-17-19-5-3-2-4-6-19/h2-10,13-15,18,27,29,33H,11-12,16-17H2,1H3,(H,31,32,34). The summed E-state index contributed by atoms with van der Waals surface area (Å²) in [5.41, 5.74) is 3.01. The van der Waals surface area contributed by atoms with Gasteiger partial charge in [-0.25, -0.2) is 23.1 Å². The molecule has 0 aliphatic carbocycles. The Morgan fingerprint density at radius 3 is 2.58 bits per heavy atom. The Bertz CT molecular complexity index is 1630. The maximum atomic E-state index is 12.5. The van der Waals surface area contributed by atoms with Crippen molar-refractivity contribution in [2.24, 2.45) is 0 Å². The Kier molecular flexibility index (Phi) is 8.29. The van der Waals surface area contributed by atoms with Gasteiger partial charge in [0.2, 0.25) is 15.8 Å². The highest BCUT2D eigenvalue weighted by molar-refractivity contribution is 7.88. The number of carbonyl (C=O) groups is 1. The van der Waals surface area contributed by atoms with Crippen molar-refractivity contribution in [2.45, 2.75) is 12.7 Å². The number of nitrogens with zero attached hydrogens (tertiary/aromatic N) is 3. The van der Waals surface area contributed by atoms with E-state index in [1.807, 2.05) is 54.6 Å². The van der Waals surface area contributed by atoms with Crippen LogP contribution < -0.4 is 20.1 Å². The third kappa shape index (κ3) is 7.17. The molecule has 1 unspecified atom stereocenters. The first-order chi connectivity index (χ1) is 19.3. The van der Waals surface area contributed by atoms with Gasteiger partial charge in [0.15, 0.2) is 6.10 Å². The quantitative estimate of drug-likeness (QED) is 0.221. The number of ether oxygens (including phenoxy) is 2. The first-order valence-electron chi connectivity index (χ1n) is 12.6. The van der Waals surface area contributed by atoms with Crippen molar-refractivity contribution in [2.75, 3.05) is 31.2 Å². The van der Waals surface area contributed by atoms with Crippen molar-refractivity contribution in [1.82, 2.24) is 25.0 Å². The number of rotatable bonds is 12. The van der Waals surface area contributed by atoms with Crippen molar-refractivity contribution in [3.05, 3.63) is 90.5 Å². The number of carbonyl (C=O) groups excluding carboxylic acids is 1. The smallest absolute Gasteiger partial charge is 0.208 e. The summed E-state index contributed by atoms with van der Waals surface area (Å²) >= 11 is 0. The number of nitrogens with one attached hydrogen (secondary N) is 3. The van der Waals surface area contributed by atoms with Crippen molar-refractivity contribution in [1.29, 1.82) is 0 Å². The van der Waals surface area contributed by atoms with Crippen molar-refractivity contribution in [3.63, 3.8) is 0 Å². The molecule has 0 spiro atoms. The Hall–Kier alpha value is -4.39. The van der Waals surface area contributed by atoms with Gasteiger partial charge in [-0.15, -0.1) is 0 Å². The van der Waals surface area contributed by atoms with E-state index in [0.717, 1.165) is 23.3 Å². The average Bonchev–Trinajstić information content (AvgIpc) is 3.32. The number of sulfonamides is 1. The maximum Gasteiger partial charge on any atom is 0.208 e. The van der Waals surface area contributed by atoms with Gasteiger partial charge < -0.3 is 20.1 Å². The highest BCUT2D eigenvalue weighted by atomic mass is 32.2. The maximum absolute atomic E-state index is 12.5. The number of hydrogen-bond acceptors (Lipinski definition) is 10. The number of benzene rings is 2. The van der Waals surface area contributed by atoms with Gasteiger partial charge >= 0.3 is 0 Å². The minimum Gasteiger partial charge on any atom is -0.489 e. The number of pyridine rings is 1. The normalized spacial score (nSPS) is 15.1. The lowest BCUT2D eigenvalue weighted by Crippen LogP contribution is -2.36. The molecule has 0 bridgehead atoms. The molecular weight excluding hydrogens is 532 g/mol. The van der Waals surface area contributed by atoms with Crippen LogP contribution in [0.25, 0.3) is 16.7 Å². The van der Waals surface area contributed by atoms with E-state index in [1.54, 1.807) is 12.3 Å². The minimum atomic E-state index is -3.26. The second kappa shape index (κ2) is 12.2. The third-order valence-electron chi connectivity index (χ3n) is 6.00. The van der Waals surface area contributed by atoms with Crippen LogP contribution in [0.1, 0.15) is 11.3 Å². The molecule has 0 saturated heterocycles. The summed E-state index contributed by atoms with van der Waals surface area (Å²) < 4.78 is 36.4. The molecule has 2 aromatic carbocycles. The fraction of sp³-hybridized carbons (Fsp3) is 0.214. The van der Waals surface area contributed by atoms with Gasteiger partial charge in [-0.05, 0) is 35.9 Å². The fourth-order valence-electron chi connectivity index (χ4n) is 4.01. The first kappa shape index (κ1) is 27.2. The second-order valence-corrected chi connectivity index (χ2v) is 11.0. The SMILES string of the molecule is CS(=O)(=O)NCCNCC1OC(c2cc3c(Nc4ccc(OCc5ccccc5)cc4)ncnc3cn2)=CC1=O. The number of aromatic nitrogens is 3. The van der Waals surface area contributed by atoms with E-state index in [4.69, 9.17) is 9.47 Å². The molecular formula is C28H28N6O5S. The largest absolute Gasteiger partial charge is 0.489 e. The summed E-state index contributed by atoms with van der Waals surface area (Å²) in [7, 11) is -3.26. The fourth-order valence-corrected chi connectivity index (χ4v) is 4.48. The summed E-state index contributed by atoms with van der Waals surface area (Å²) in [4.78, 5) is 25.6. The molecule has 206 valence electrons. The first-order valence-corrected chi connectivity index (χ1v) is 14.5. The summed E-state index contributed by atoms with van der Waals surface area (Å²) in [6, 6.07) is 19.3. The number of hydrogen-bond donors (Lipinski definition) is 3. The van der Waals surface area contributed by atoms with Gasteiger partial charge in [-0.3, -0.25) is 9.78 Å². The molecule has 1 aliphatic rings. The molecule has 11 nitrogen and oxygen atoms in total. The van der Waals surface area contributed by atoms with Crippen LogP contribution in [0.5, 0.6) is 5.75 Å².